The van der Waals surface area contributed by atoms with Gasteiger partial charge in [-0.1, -0.05) is 0 Å². The maximum Gasteiger partial charge on any atom is 0.228 e. The van der Waals surface area contributed by atoms with Crippen LogP contribution in [0.2, 0.25) is 0 Å². The smallest absolute Gasteiger partial charge is 0.228 e. The van der Waals surface area contributed by atoms with Crippen molar-refractivity contribution in [1.29, 1.82) is 0 Å². The van der Waals surface area contributed by atoms with Crippen LogP contribution in [-0.2, 0) is 14.6 Å². The predicted octanol–water partition coefficient (Wildman–Crippen LogP) is 4.02. The summed E-state index contributed by atoms with van der Waals surface area (Å²) in [7, 11) is -1.62. The molecule has 2 rings (SSSR count). The van der Waals surface area contributed by atoms with Crippen LogP contribution >= 0.6 is 11.8 Å². The van der Waals surface area contributed by atoms with Gasteiger partial charge in [-0.15, -0.1) is 11.8 Å². The molecule has 0 aliphatic heterocycles. The number of carbonyl (C=O) groups excluding carboxylic acids is 1. The van der Waals surface area contributed by atoms with E-state index in [0.717, 1.165) is 10.6 Å². The lowest BCUT2D eigenvalue weighted by molar-refractivity contribution is -0.118. The molecular formula is C20H25NO4S2. The molecule has 0 atom stereocenters. The number of methoxy groups -OCH3 is 1. The van der Waals surface area contributed by atoms with Crippen LogP contribution in [0, 0.1) is 0 Å². The SMILES string of the molecule is COc1ccc(SCCC(=O)N(c2ccc(S(C)(=O)=O)cc2)C(C)C)cc1. The minimum Gasteiger partial charge on any atom is -0.497 e. The summed E-state index contributed by atoms with van der Waals surface area (Å²) in [6, 6.07) is 14.2. The van der Waals surface area contributed by atoms with E-state index in [1.807, 2.05) is 38.1 Å². The van der Waals surface area contributed by atoms with Crippen LogP contribution < -0.4 is 9.64 Å². The van der Waals surface area contributed by atoms with E-state index in [-0.39, 0.29) is 16.8 Å². The lowest BCUT2D eigenvalue weighted by Gasteiger charge is -2.27. The van der Waals surface area contributed by atoms with E-state index in [1.54, 1.807) is 48.0 Å². The topological polar surface area (TPSA) is 63.7 Å². The Bertz CT molecular complexity index is 860. The molecule has 0 fully saturated rings. The van der Waals surface area contributed by atoms with Crippen LogP contribution in [0.5, 0.6) is 5.75 Å². The van der Waals surface area contributed by atoms with Gasteiger partial charge in [0.1, 0.15) is 5.75 Å². The Labute approximate surface area is 165 Å². The first-order chi connectivity index (χ1) is 12.7. The predicted molar refractivity (Wildman–Crippen MR) is 111 cm³/mol. The molecule has 0 heterocycles. The van der Waals surface area contributed by atoms with Gasteiger partial charge in [-0.05, 0) is 62.4 Å². The standard InChI is InChI=1S/C20H25NO4S2/c1-15(2)21(16-5-11-19(12-6-16)27(4,23)24)20(22)13-14-26-18-9-7-17(25-3)8-10-18/h5-12,15H,13-14H2,1-4H3. The number of benzene rings is 2. The first-order valence-electron chi connectivity index (χ1n) is 8.61. The van der Waals surface area contributed by atoms with E-state index in [2.05, 4.69) is 0 Å². The van der Waals surface area contributed by atoms with Gasteiger partial charge in [0.25, 0.3) is 0 Å². The summed E-state index contributed by atoms with van der Waals surface area (Å²) >= 11 is 1.62. The van der Waals surface area contributed by atoms with Gasteiger partial charge >= 0.3 is 0 Å². The van der Waals surface area contributed by atoms with Crippen LogP contribution in [0.4, 0.5) is 5.69 Å². The zero-order valence-corrected chi connectivity index (χ0v) is 17.6. The summed E-state index contributed by atoms with van der Waals surface area (Å²) in [6.07, 6.45) is 1.56. The molecule has 0 N–H and O–H groups in total. The zero-order valence-electron chi connectivity index (χ0n) is 16.0. The molecule has 7 heteroatoms. The van der Waals surface area contributed by atoms with Gasteiger partial charge in [-0.25, -0.2) is 8.42 Å². The summed E-state index contributed by atoms with van der Waals surface area (Å²) in [5.74, 6) is 1.48. The van der Waals surface area contributed by atoms with Gasteiger partial charge in [0, 0.05) is 35.1 Å². The van der Waals surface area contributed by atoms with E-state index in [1.165, 1.54) is 6.26 Å². The first-order valence-corrected chi connectivity index (χ1v) is 11.5. The molecule has 0 aliphatic rings. The number of amides is 1. The second kappa shape index (κ2) is 9.28. The van der Waals surface area contributed by atoms with E-state index in [9.17, 15) is 13.2 Å². The van der Waals surface area contributed by atoms with Crippen molar-refractivity contribution in [2.24, 2.45) is 0 Å². The average Bonchev–Trinajstić information content (AvgIpc) is 2.62. The lowest BCUT2D eigenvalue weighted by atomic mass is 10.2. The number of sulfone groups is 1. The number of hydrogen-bond acceptors (Lipinski definition) is 5. The molecule has 0 aliphatic carbocycles. The molecule has 0 saturated heterocycles. The first kappa shape index (κ1) is 21.3. The zero-order chi connectivity index (χ0) is 20.0. The van der Waals surface area contributed by atoms with Crippen molar-refractivity contribution in [1.82, 2.24) is 0 Å². The Balaban J connectivity index is 2.01. The second-order valence-electron chi connectivity index (χ2n) is 6.40. The molecule has 0 bridgehead atoms. The monoisotopic (exact) mass is 407 g/mol. The molecule has 0 unspecified atom stereocenters. The molecular weight excluding hydrogens is 382 g/mol. The number of thioether (sulfide) groups is 1. The Kier molecular flexibility index (Phi) is 7.33. The highest BCUT2D eigenvalue weighted by Crippen LogP contribution is 2.24. The molecule has 5 nitrogen and oxygen atoms in total. The van der Waals surface area contributed by atoms with Gasteiger partial charge in [-0.3, -0.25) is 4.79 Å². The van der Waals surface area contributed by atoms with Crippen molar-refractivity contribution in [3.05, 3.63) is 48.5 Å². The molecule has 0 aromatic heterocycles. The molecule has 27 heavy (non-hydrogen) atoms. The molecule has 0 radical (unpaired) electrons. The van der Waals surface area contributed by atoms with Crippen molar-refractivity contribution in [3.63, 3.8) is 0 Å². The fourth-order valence-electron chi connectivity index (χ4n) is 2.63. The van der Waals surface area contributed by atoms with Crippen molar-refractivity contribution in [2.75, 3.05) is 24.0 Å². The van der Waals surface area contributed by atoms with Crippen molar-refractivity contribution in [3.8, 4) is 5.75 Å². The molecule has 2 aromatic carbocycles. The normalized spacial score (nSPS) is 11.4. The van der Waals surface area contributed by atoms with Crippen molar-refractivity contribution < 1.29 is 17.9 Å². The maximum atomic E-state index is 12.7. The van der Waals surface area contributed by atoms with Crippen LogP contribution in [0.15, 0.2) is 58.3 Å². The maximum absolute atomic E-state index is 12.7. The quantitative estimate of drug-likeness (QED) is 0.619. The molecule has 0 spiro atoms. The number of rotatable bonds is 8. The van der Waals surface area contributed by atoms with Crippen LogP contribution in [0.25, 0.3) is 0 Å². The Morgan fingerprint density at radius 1 is 1.07 bits per heavy atom. The Morgan fingerprint density at radius 2 is 1.67 bits per heavy atom. The minimum absolute atomic E-state index is 0.0121. The van der Waals surface area contributed by atoms with Gasteiger partial charge in [0.2, 0.25) is 5.91 Å². The molecule has 1 amide bonds. The summed E-state index contributed by atoms with van der Waals surface area (Å²) in [4.78, 5) is 15.8. The Morgan fingerprint density at radius 3 is 2.15 bits per heavy atom. The molecule has 146 valence electrons. The fraction of sp³-hybridized carbons (Fsp3) is 0.350. The highest BCUT2D eigenvalue weighted by molar-refractivity contribution is 7.99. The van der Waals surface area contributed by atoms with Crippen LogP contribution in [0.1, 0.15) is 20.3 Å². The number of hydrogen-bond donors (Lipinski definition) is 0. The van der Waals surface area contributed by atoms with Gasteiger partial charge in [0.15, 0.2) is 9.84 Å². The highest BCUT2D eigenvalue weighted by Gasteiger charge is 2.19. The van der Waals surface area contributed by atoms with Crippen LogP contribution in [-0.4, -0.2) is 39.5 Å². The largest absolute Gasteiger partial charge is 0.497 e. The highest BCUT2D eigenvalue weighted by atomic mass is 32.2. The van der Waals surface area contributed by atoms with Crippen molar-refractivity contribution in [2.45, 2.75) is 36.1 Å². The molecule has 0 saturated carbocycles. The van der Waals surface area contributed by atoms with E-state index >= 15 is 0 Å². The molecule has 2 aromatic rings. The number of carbonyl (C=O) groups is 1. The number of ether oxygens (including phenoxy) is 1. The minimum atomic E-state index is -3.25. The third kappa shape index (κ3) is 6.01. The summed E-state index contributed by atoms with van der Waals surface area (Å²) in [5, 5.41) is 0. The third-order valence-electron chi connectivity index (χ3n) is 3.97. The van der Waals surface area contributed by atoms with Crippen LogP contribution in [0.3, 0.4) is 0 Å². The summed E-state index contributed by atoms with van der Waals surface area (Å²) < 4.78 is 28.4. The van der Waals surface area contributed by atoms with E-state index < -0.39 is 9.84 Å². The fourth-order valence-corrected chi connectivity index (χ4v) is 4.10. The number of nitrogens with zero attached hydrogens (tertiary/aromatic N) is 1. The third-order valence-corrected chi connectivity index (χ3v) is 6.11. The van der Waals surface area contributed by atoms with Crippen molar-refractivity contribution >= 4 is 33.2 Å². The van der Waals surface area contributed by atoms with Gasteiger partial charge in [0.05, 0.1) is 12.0 Å². The summed E-state index contributed by atoms with van der Waals surface area (Å²) in [5.41, 5.74) is 0.705. The second-order valence-corrected chi connectivity index (χ2v) is 9.58. The lowest BCUT2D eigenvalue weighted by Crippen LogP contribution is -2.37. The summed E-state index contributed by atoms with van der Waals surface area (Å²) in [6.45, 7) is 3.89. The van der Waals surface area contributed by atoms with Gasteiger partial charge in [-0.2, -0.15) is 0 Å². The number of anilines is 1. The van der Waals surface area contributed by atoms with E-state index in [4.69, 9.17) is 4.74 Å². The van der Waals surface area contributed by atoms with E-state index in [0.29, 0.717) is 17.9 Å². The Hall–Kier alpha value is -1.99. The average molecular weight is 408 g/mol. The van der Waals surface area contributed by atoms with Gasteiger partial charge < -0.3 is 9.64 Å².